The number of rotatable bonds is 1. The Morgan fingerprint density at radius 3 is 2.52 bits per heavy atom. The van der Waals surface area contributed by atoms with Crippen LogP contribution in [-0.4, -0.2) is 16.7 Å². The Bertz CT molecular complexity index is 1050. The number of ether oxygens (including phenoxy) is 1. The van der Waals surface area contributed by atoms with Gasteiger partial charge in [-0.15, -0.1) is 24.0 Å². The van der Waals surface area contributed by atoms with Crippen LogP contribution in [-0.2, 0) is 7.05 Å². The standard InChI is InChI=1S/C19H18N2O.HI/c1-11-16-10-21(3)8-7-14(16)12(2)19-18(11)15-9-13(22-4)5-6-17(15)20-19;/h5-10H,1-4H3;1H. The van der Waals surface area contributed by atoms with Gasteiger partial charge in [-0.25, -0.2) is 4.98 Å². The molecule has 0 N–H and O–H groups in total. The third-order valence-corrected chi connectivity index (χ3v) is 4.58. The van der Waals surface area contributed by atoms with Gasteiger partial charge in [-0.2, -0.15) is 0 Å². The van der Waals surface area contributed by atoms with E-state index in [4.69, 9.17) is 9.72 Å². The van der Waals surface area contributed by atoms with Crippen LogP contribution in [0.1, 0.15) is 11.1 Å². The summed E-state index contributed by atoms with van der Waals surface area (Å²) in [5.41, 5.74) is 4.65. The summed E-state index contributed by atoms with van der Waals surface area (Å²) >= 11 is 0. The summed E-state index contributed by atoms with van der Waals surface area (Å²) in [6, 6.07) is 8.28. The third-order valence-electron chi connectivity index (χ3n) is 4.58. The third kappa shape index (κ3) is 2.27. The zero-order valence-electron chi connectivity index (χ0n) is 13.7. The molecule has 0 spiro atoms. The van der Waals surface area contributed by atoms with E-state index in [1.807, 2.05) is 12.1 Å². The zero-order chi connectivity index (χ0) is 15.4. The van der Waals surface area contributed by atoms with Gasteiger partial charge < -0.3 is 9.30 Å². The number of aromatic nitrogens is 2. The average molecular weight is 418 g/mol. The summed E-state index contributed by atoms with van der Waals surface area (Å²) in [6.07, 6.45) is 4.28. The van der Waals surface area contributed by atoms with Crippen molar-refractivity contribution in [2.75, 3.05) is 7.11 Å². The Balaban J connectivity index is 0.00000156. The molecule has 4 rings (SSSR count). The average Bonchev–Trinajstić information content (AvgIpc) is 2.91. The lowest BCUT2D eigenvalue weighted by Gasteiger charge is -2.10. The van der Waals surface area contributed by atoms with Crippen molar-refractivity contribution in [1.29, 1.82) is 0 Å². The molecule has 3 nitrogen and oxygen atoms in total. The Morgan fingerprint density at radius 1 is 1.00 bits per heavy atom. The lowest BCUT2D eigenvalue weighted by Crippen LogP contribution is -1.93. The molecule has 2 aromatic heterocycles. The topological polar surface area (TPSA) is 27.1 Å². The zero-order valence-corrected chi connectivity index (χ0v) is 16.0. The fourth-order valence-electron chi connectivity index (χ4n) is 3.38. The number of pyridine rings is 1. The number of hydrogen-bond acceptors (Lipinski definition) is 2. The van der Waals surface area contributed by atoms with Gasteiger partial charge >= 0.3 is 0 Å². The fraction of sp³-hybridized carbons (Fsp3) is 0.211. The van der Waals surface area contributed by atoms with Gasteiger partial charge in [0.2, 0.25) is 0 Å². The van der Waals surface area contributed by atoms with Crippen LogP contribution in [0, 0.1) is 13.8 Å². The number of nitrogens with zero attached hydrogens (tertiary/aromatic N) is 2. The number of fused-ring (bicyclic) bond motifs is 4. The van der Waals surface area contributed by atoms with E-state index in [1.54, 1.807) is 7.11 Å². The predicted octanol–water partition coefficient (Wildman–Crippen LogP) is 5.12. The molecule has 0 saturated carbocycles. The lowest BCUT2D eigenvalue weighted by molar-refractivity contribution is 0.415. The first-order chi connectivity index (χ1) is 10.6. The maximum atomic E-state index is 5.39. The van der Waals surface area contributed by atoms with E-state index < -0.39 is 0 Å². The molecule has 0 aliphatic heterocycles. The maximum absolute atomic E-state index is 5.39. The minimum atomic E-state index is 0. The SMILES string of the molecule is COc1ccc2nc3c(C)c4ccn(C)cc4c(C)c3c2c1.I. The van der Waals surface area contributed by atoms with Crippen molar-refractivity contribution in [3.8, 4) is 5.75 Å². The molecule has 118 valence electrons. The van der Waals surface area contributed by atoms with E-state index in [-0.39, 0.29) is 24.0 Å². The highest BCUT2D eigenvalue weighted by molar-refractivity contribution is 14.0. The van der Waals surface area contributed by atoms with Gasteiger partial charge in [0.05, 0.1) is 18.1 Å². The molecule has 23 heavy (non-hydrogen) atoms. The summed E-state index contributed by atoms with van der Waals surface area (Å²) in [6.45, 7) is 4.35. The van der Waals surface area contributed by atoms with E-state index in [9.17, 15) is 0 Å². The van der Waals surface area contributed by atoms with E-state index in [0.717, 1.165) is 16.8 Å². The molecule has 0 radical (unpaired) electrons. The second kappa shape index (κ2) is 5.67. The van der Waals surface area contributed by atoms with Crippen LogP contribution in [0.5, 0.6) is 5.75 Å². The Morgan fingerprint density at radius 2 is 1.78 bits per heavy atom. The molecule has 4 aromatic rings. The highest BCUT2D eigenvalue weighted by atomic mass is 127. The lowest BCUT2D eigenvalue weighted by atomic mass is 9.97. The Hall–Kier alpha value is -1.82. The van der Waals surface area contributed by atoms with E-state index >= 15 is 0 Å². The van der Waals surface area contributed by atoms with Crippen LogP contribution < -0.4 is 4.74 Å². The molecule has 2 heterocycles. The van der Waals surface area contributed by atoms with Crippen LogP contribution in [0.4, 0.5) is 0 Å². The molecule has 0 unspecified atom stereocenters. The molecular formula is C19H19IN2O. The first-order valence-corrected chi connectivity index (χ1v) is 7.42. The summed E-state index contributed by atoms with van der Waals surface area (Å²) in [4.78, 5) is 4.86. The van der Waals surface area contributed by atoms with Gasteiger partial charge in [-0.05, 0) is 54.6 Å². The van der Waals surface area contributed by atoms with Gasteiger partial charge in [0.1, 0.15) is 5.75 Å². The van der Waals surface area contributed by atoms with Crippen molar-refractivity contribution >= 4 is 56.6 Å². The molecule has 2 aromatic carbocycles. The van der Waals surface area contributed by atoms with Crippen molar-refractivity contribution in [3.63, 3.8) is 0 Å². The minimum Gasteiger partial charge on any atom is -0.497 e. The number of hydrogen-bond donors (Lipinski definition) is 0. The summed E-state index contributed by atoms with van der Waals surface area (Å²) < 4.78 is 7.48. The largest absolute Gasteiger partial charge is 0.497 e. The van der Waals surface area contributed by atoms with Crippen LogP contribution >= 0.6 is 24.0 Å². The molecular weight excluding hydrogens is 399 g/mol. The van der Waals surface area contributed by atoms with Crippen LogP contribution in [0.3, 0.4) is 0 Å². The molecule has 0 saturated heterocycles. The first kappa shape index (κ1) is 16.1. The van der Waals surface area contributed by atoms with E-state index in [1.165, 1.54) is 32.7 Å². The monoisotopic (exact) mass is 418 g/mol. The van der Waals surface area contributed by atoms with Gasteiger partial charge in [0.25, 0.3) is 0 Å². The molecule has 4 heteroatoms. The smallest absolute Gasteiger partial charge is 0.119 e. The van der Waals surface area contributed by atoms with Crippen molar-refractivity contribution in [2.45, 2.75) is 13.8 Å². The van der Waals surface area contributed by atoms with Gasteiger partial charge in [0, 0.05) is 35.6 Å². The summed E-state index contributed by atoms with van der Waals surface area (Å²) in [7, 11) is 3.76. The van der Waals surface area contributed by atoms with Crippen molar-refractivity contribution in [2.24, 2.45) is 7.05 Å². The quantitative estimate of drug-likeness (QED) is 0.401. The molecule has 0 atom stereocenters. The maximum Gasteiger partial charge on any atom is 0.119 e. The first-order valence-electron chi connectivity index (χ1n) is 7.42. The fourth-order valence-corrected chi connectivity index (χ4v) is 3.38. The van der Waals surface area contributed by atoms with Crippen LogP contribution in [0.15, 0.2) is 36.7 Å². The number of halogens is 1. The van der Waals surface area contributed by atoms with Gasteiger partial charge in [0.15, 0.2) is 0 Å². The highest BCUT2D eigenvalue weighted by Gasteiger charge is 2.15. The Kier molecular flexibility index (Phi) is 3.96. The second-order valence-electron chi connectivity index (χ2n) is 5.91. The molecule has 0 aliphatic rings. The van der Waals surface area contributed by atoms with Gasteiger partial charge in [-0.3, -0.25) is 0 Å². The molecule has 0 aliphatic carbocycles. The normalized spacial score (nSPS) is 11.1. The summed E-state index contributed by atoms with van der Waals surface area (Å²) in [5.74, 6) is 0.873. The minimum absolute atomic E-state index is 0. The molecule has 0 fully saturated rings. The van der Waals surface area contributed by atoms with Crippen LogP contribution in [0.2, 0.25) is 0 Å². The highest BCUT2D eigenvalue weighted by Crippen LogP contribution is 2.37. The number of benzene rings is 2. The van der Waals surface area contributed by atoms with Gasteiger partial charge in [-0.1, -0.05) is 0 Å². The van der Waals surface area contributed by atoms with Crippen molar-refractivity contribution in [3.05, 3.63) is 47.8 Å². The summed E-state index contributed by atoms with van der Waals surface area (Å²) in [5, 5.41) is 4.97. The molecule has 0 bridgehead atoms. The number of aryl methyl sites for hydroxylation is 3. The second-order valence-corrected chi connectivity index (χ2v) is 5.91. The van der Waals surface area contributed by atoms with Crippen LogP contribution in [0.25, 0.3) is 32.6 Å². The van der Waals surface area contributed by atoms with Crippen molar-refractivity contribution < 1.29 is 4.74 Å². The van der Waals surface area contributed by atoms with E-state index in [0.29, 0.717) is 0 Å². The Labute approximate surface area is 152 Å². The molecule has 0 amide bonds. The van der Waals surface area contributed by atoms with Crippen molar-refractivity contribution in [1.82, 2.24) is 9.55 Å². The predicted molar refractivity (Wildman–Crippen MR) is 107 cm³/mol. The number of methoxy groups -OCH3 is 1. The van der Waals surface area contributed by atoms with E-state index in [2.05, 4.69) is 50.0 Å².